The van der Waals surface area contributed by atoms with Gasteiger partial charge in [0.25, 0.3) is 0 Å². The van der Waals surface area contributed by atoms with Crippen molar-refractivity contribution >= 4 is 21.7 Å². The van der Waals surface area contributed by atoms with Gasteiger partial charge in [0.1, 0.15) is 22.5 Å². The Kier molecular flexibility index (Phi) is 9.02. The van der Waals surface area contributed by atoms with Crippen molar-refractivity contribution in [1.82, 2.24) is 9.21 Å². The summed E-state index contributed by atoms with van der Waals surface area (Å²) in [5, 5.41) is 12.7. The van der Waals surface area contributed by atoms with Crippen LogP contribution in [0, 0.1) is 12.8 Å². The third-order valence-corrected chi connectivity index (χ3v) is 9.21. The number of aliphatic hydroxyl groups excluding tert-OH is 1. The largest absolute Gasteiger partial charge is 0.497 e. The Morgan fingerprint density at radius 3 is 2.40 bits per heavy atom. The fourth-order valence-electron chi connectivity index (χ4n) is 4.62. The number of nitrogens with zero attached hydrogens (tertiary/aromatic N) is 2. The highest BCUT2D eigenvalue weighted by atomic mass is 32.2. The third kappa shape index (κ3) is 6.41. The maximum atomic E-state index is 13.8. The van der Waals surface area contributed by atoms with Crippen LogP contribution in [0.3, 0.4) is 0 Å². The molecule has 2 N–H and O–H groups in total. The first-order valence-electron chi connectivity index (χ1n) is 13.2. The minimum atomic E-state index is -3.96. The van der Waals surface area contributed by atoms with Gasteiger partial charge in [0.05, 0.1) is 20.3 Å². The number of aryl methyl sites for hydroxylation is 1. The van der Waals surface area contributed by atoms with Crippen LogP contribution in [0.4, 0.5) is 10.5 Å². The van der Waals surface area contributed by atoms with E-state index in [4.69, 9.17) is 9.47 Å². The summed E-state index contributed by atoms with van der Waals surface area (Å²) in [5.74, 6) is 0.605. The molecule has 214 valence electrons. The predicted molar refractivity (Wildman–Crippen MR) is 155 cm³/mol. The summed E-state index contributed by atoms with van der Waals surface area (Å²) >= 11 is 0. The summed E-state index contributed by atoms with van der Waals surface area (Å²) < 4.78 is 40.4. The molecule has 9 nitrogen and oxygen atoms in total. The van der Waals surface area contributed by atoms with Crippen LogP contribution in [-0.2, 0) is 10.0 Å². The van der Waals surface area contributed by atoms with Crippen LogP contribution in [-0.4, -0.2) is 74.8 Å². The number of rotatable bonds is 7. The Labute approximate surface area is 236 Å². The Bertz CT molecular complexity index is 1430. The number of nitrogens with one attached hydrogen (secondary N) is 1. The maximum absolute atomic E-state index is 13.8. The molecule has 2 amide bonds. The number of aliphatic hydroxyl groups is 1. The fourth-order valence-corrected chi connectivity index (χ4v) is 6.44. The van der Waals surface area contributed by atoms with E-state index in [2.05, 4.69) is 5.32 Å². The number of ether oxygens (including phenoxy) is 2. The number of carbonyl (C=O) groups excluding carboxylic acids is 1. The number of hydrogen-bond acceptors (Lipinski definition) is 6. The number of benzene rings is 3. The highest BCUT2D eigenvalue weighted by Gasteiger charge is 2.38. The summed E-state index contributed by atoms with van der Waals surface area (Å²) in [7, 11) is -0.717. The lowest BCUT2D eigenvalue weighted by molar-refractivity contribution is 0.0830. The Morgan fingerprint density at radius 2 is 1.77 bits per heavy atom. The van der Waals surface area contributed by atoms with E-state index < -0.39 is 22.2 Å². The van der Waals surface area contributed by atoms with Crippen molar-refractivity contribution in [2.45, 2.75) is 37.8 Å². The molecule has 40 heavy (non-hydrogen) atoms. The topological polar surface area (TPSA) is 108 Å². The van der Waals surface area contributed by atoms with Crippen molar-refractivity contribution in [2.75, 3.05) is 39.2 Å². The highest BCUT2D eigenvalue weighted by molar-refractivity contribution is 7.89. The predicted octanol–water partition coefficient (Wildman–Crippen LogP) is 4.60. The van der Waals surface area contributed by atoms with E-state index in [1.807, 2.05) is 38.1 Å². The van der Waals surface area contributed by atoms with Gasteiger partial charge in [-0.2, -0.15) is 4.31 Å². The molecule has 10 heteroatoms. The van der Waals surface area contributed by atoms with Crippen LogP contribution >= 0.6 is 0 Å². The van der Waals surface area contributed by atoms with Gasteiger partial charge in [0, 0.05) is 31.2 Å². The molecule has 0 aromatic heterocycles. The van der Waals surface area contributed by atoms with Gasteiger partial charge < -0.3 is 24.8 Å². The average Bonchev–Trinajstić information content (AvgIpc) is 2.95. The van der Waals surface area contributed by atoms with Gasteiger partial charge in [-0.1, -0.05) is 42.8 Å². The second kappa shape index (κ2) is 12.3. The molecule has 1 aliphatic heterocycles. The van der Waals surface area contributed by atoms with Gasteiger partial charge in [0.15, 0.2) is 0 Å². The minimum Gasteiger partial charge on any atom is -0.497 e. The van der Waals surface area contributed by atoms with Gasteiger partial charge in [-0.15, -0.1) is 0 Å². The Morgan fingerprint density at radius 1 is 1.12 bits per heavy atom. The molecule has 0 unspecified atom stereocenters. The number of carbonyl (C=O) groups is 1. The van der Waals surface area contributed by atoms with Crippen LogP contribution in [0.1, 0.15) is 19.4 Å². The number of anilines is 1. The van der Waals surface area contributed by atoms with Crippen LogP contribution in [0.2, 0.25) is 0 Å². The molecule has 4 rings (SSSR count). The number of sulfonamides is 1. The van der Waals surface area contributed by atoms with Crippen LogP contribution < -0.4 is 14.8 Å². The van der Waals surface area contributed by atoms with Crippen molar-refractivity contribution in [3.63, 3.8) is 0 Å². The molecular weight excluding hydrogens is 530 g/mol. The zero-order chi connectivity index (χ0) is 29.0. The first-order chi connectivity index (χ1) is 19.0. The lowest BCUT2D eigenvalue weighted by Crippen LogP contribution is -2.50. The molecule has 0 spiro atoms. The van der Waals surface area contributed by atoms with E-state index in [-0.39, 0.29) is 42.3 Å². The third-order valence-electron chi connectivity index (χ3n) is 7.19. The Hall–Kier alpha value is -3.60. The van der Waals surface area contributed by atoms with Crippen molar-refractivity contribution in [1.29, 1.82) is 0 Å². The van der Waals surface area contributed by atoms with E-state index in [0.717, 1.165) is 16.7 Å². The second-order valence-corrected chi connectivity index (χ2v) is 12.2. The molecule has 0 fully saturated rings. The zero-order valence-electron chi connectivity index (χ0n) is 23.5. The number of methoxy groups -OCH3 is 1. The van der Waals surface area contributed by atoms with Gasteiger partial charge >= 0.3 is 6.03 Å². The van der Waals surface area contributed by atoms with Gasteiger partial charge in [0.2, 0.25) is 10.0 Å². The normalized spacial score (nSPS) is 19.4. The molecule has 1 aliphatic rings. The molecule has 3 atom stereocenters. The lowest BCUT2D eigenvalue weighted by Gasteiger charge is -2.37. The van der Waals surface area contributed by atoms with Crippen molar-refractivity contribution in [3.8, 4) is 22.6 Å². The van der Waals surface area contributed by atoms with Gasteiger partial charge in [-0.25, -0.2) is 13.2 Å². The number of hydrogen-bond donors (Lipinski definition) is 2. The van der Waals surface area contributed by atoms with E-state index >= 15 is 0 Å². The molecule has 1 heterocycles. The van der Waals surface area contributed by atoms with Crippen LogP contribution in [0.25, 0.3) is 11.1 Å². The molecular formula is C30H37N3O6S. The Balaban J connectivity index is 1.66. The number of likely N-dealkylation sites (N-methyl/N-ethyl adjacent to an activating group) is 1. The van der Waals surface area contributed by atoms with E-state index in [9.17, 15) is 18.3 Å². The number of fused-ring (bicyclic) bond motifs is 1. The lowest BCUT2D eigenvalue weighted by atomic mass is 10.0. The van der Waals surface area contributed by atoms with Gasteiger partial charge in [-0.05, 0) is 61.4 Å². The SMILES string of the molecule is COc1ccc(NC(=O)N(C)C[C@@H]2Oc3cc(-c4ccc(C)cc4)ccc3S(=O)(=O)N([C@H](C)CO)C[C@H]2C)cc1. The first-order valence-corrected chi connectivity index (χ1v) is 14.6. The molecule has 3 aromatic rings. The van der Waals surface area contributed by atoms with Gasteiger partial charge in [-0.3, -0.25) is 0 Å². The molecule has 0 saturated carbocycles. The standard InChI is InChI=1S/C30H37N3O6S/c1-20-6-8-23(9-7-20)24-10-15-29-27(16-24)39-28(21(2)17-33(22(3)19-34)40(29,36)37)18-32(4)30(35)31-25-11-13-26(38-5)14-12-25/h6-16,21-22,28,34H,17-19H2,1-5H3,(H,31,35)/t21-,22-,28+/m1/s1. The molecule has 0 saturated heterocycles. The summed E-state index contributed by atoms with van der Waals surface area (Å²) in [6.07, 6.45) is -0.525. The van der Waals surface area contributed by atoms with Crippen molar-refractivity contribution in [3.05, 3.63) is 72.3 Å². The smallest absolute Gasteiger partial charge is 0.321 e. The summed E-state index contributed by atoms with van der Waals surface area (Å²) in [6, 6.07) is 19.1. The summed E-state index contributed by atoms with van der Waals surface area (Å²) in [6.45, 7) is 5.58. The molecule has 0 bridgehead atoms. The zero-order valence-corrected chi connectivity index (χ0v) is 24.3. The van der Waals surface area contributed by atoms with Crippen molar-refractivity contribution < 1.29 is 27.8 Å². The number of amides is 2. The van der Waals surface area contributed by atoms with Crippen molar-refractivity contribution in [2.24, 2.45) is 5.92 Å². The monoisotopic (exact) mass is 567 g/mol. The highest BCUT2D eigenvalue weighted by Crippen LogP contribution is 2.36. The van der Waals surface area contributed by atoms with E-state index in [1.54, 1.807) is 63.5 Å². The molecule has 0 radical (unpaired) electrons. The quantitative estimate of drug-likeness (QED) is 0.432. The summed E-state index contributed by atoms with van der Waals surface area (Å²) in [5.41, 5.74) is 3.48. The van der Waals surface area contributed by atoms with E-state index in [0.29, 0.717) is 11.4 Å². The van der Waals surface area contributed by atoms with E-state index in [1.165, 1.54) is 9.21 Å². The van der Waals surface area contributed by atoms with Crippen LogP contribution in [0.5, 0.6) is 11.5 Å². The number of urea groups is 1. The fraction of sp³-hybridized carbons (Fsp3) is 0.367. The second-order valence-electron chi connectivity index (χ2n) is 10.3. The maximum Gasteiger partial charge on any atom is 0.321 e. The van der Waals surface area contributed by atoms with Crippen LogP contribution in [0.15, 0.2) is 71.6 Å². The first kappa shape index (κ1) is 29.4. The summed E-state index contributed by atoms with van der Waals surface area (Å²) in [4.78, 5) is 14.6. The molecule has 3 aromatic carbocycles. The average molecular weight is 568 g/mol. The minimum absolute atomic E-state index is 0.0332. The molecule has 0 aliphatic carbocycles.